The first kappa shape index (κ1) is 14.2. The van der Waals surface area contributed by atoms with E-state index < -0.39 is 0 Å². The van der Waals surface area contributed by atoms with Gasteiger partial charge in [-0.15, -0.1) is 0 Å². The van der Waals surface area contributed by atoms with Crippen molar-refractivity contribution in [1.29, 1.82) is 0 Å². The van der Waals surface area contributed by atoms with Crippen LogP contribution in [0.1, 0.15) is 43.6 Å². The number of nitrogens with one attached hydrogen (secondary N) is 1. The molecule has 112 valence electrons. The summed E-state index contributed by atoms with van der Waals surface area (Å²) in [5, 5.41) is 7.57. The van der Waals surface area contributed by atoms with Gasteiger partial charge >= 0.3 is 0 Å². The normalized spacial score (nSPS) is 23.3. The van der Waals surface area contributed by atoms with Crippen LogP contribution in [0.25, 0.3) is 0 Å². The molecule has 3 atom stereocenters. The average Bonchev–Trinajstić information content (AvgIpc) is 3.10. The topological polar surface area (TPSA) is 60.2 Å². The molecule has 1 saturated heterocycles. The highest BCUT2D eigenvalue weighted by molar-refractivity contribution is 5.18. The van der Waals surface area contributed by atoms with Crippen molar-refractivity contribution in [2.24, 2.45) is 0 Å². The number of aromatic nitrogens is 2. The van der Waals surface area contributed by atoms with Crippen LogP contribution in [0.3, 0.4) is 0 Å². The molecule has 0 radical (unpaired) electrons. The molecule has 0 unspecified atom stereocenters. The predicted octanol–water partition coefficient (Wildman–Crippen LogP) is 2.49. The lowest BCUT2D eigenvalue weighted by Gasteiger charge is -2.19. The summed E-state index contributed by atoms with van der Waals surface area (Å²) in [7, 11) is 0. The van der Waals surface area contributed by atoms with Crippen LogP contribution in [0.15, 0.2) is 34.9 Å². The first-order valence-corrected chi connectivity index (χ1v) is 7.46. The van der Waals surface area contributed by atoms with E-state index in [1.807, 2.05) is 25.1 Å². The molecule has 1 aliphatic heterocycles. The number of nitrogens with zero attached hydrogens (tertiary/aromatic N) is 2. The number of hydrogen-bond acceptors (Lipinski definition) is 5. The van der Waals surface area contributed by atoms with Crippen molar-refractivity contribution in [2.75, 3.05) is 6.61 Å². The van der Waals surface area contributed by atoms with Crippen LogP contribution in [-0.4, -0.2) is 28.9 Å². The van der Waals surface area contributed by atoms with E-state index in [1.165, 1.54) is 5.56 Å². The first-order chi connectivity index (χ1) is 10.2. The fourth-order valence-electron chi connectivity index (χ4n) is 2.64. The highest BCUT2D eigenvalue weighted by atomic mass is 16.5. The van der Waals surface area contributed by atoms with Gasteiger partial charge in [0.05, 0.1) is 12.1 Å². The Labute approximate surface area is 124 Å². The minimum Gasteiger partial charge on any atom is -0.377 e. The van der Waals surface area contributed by atoms with Gasteiger partial charge in [0.25, 0.3) is 0 Å². The van der Waals surface area contributed by atoms with E-state index in [4.69, 9.17) is 9.26 Å². The van der Waals surface area contributed by atoms with Gasteiger partial charge in [0.1, 0.15) is 0 Å². The Morgan fingerprint density at radius 1 is 1.33 bits per heavy atom. The van der Waals surface area contributed by atoms with E-state index in [0.717, 1.165) is 18.9 Å². The standard InChI is InChI=1S/C16H21N3O2/c1-11(17-14-8-9-20-12(14)2)16-18-15(19-21-16)10-13-6-4-3-5-7-13/h3-7,11-12,14,17H,8-10H2,1-2H3/t11-,12-,14-/m0/s1. The van der Waals surface area contributed by atoms with Crippen LogP contribution in [0.2, 0.25) is 0 Å². The van der Waals surface area contributed by atoms with Gasteiger partial charge in [-0.25, -0.2) is 0 Å². The Hall–Kier alpha value is -1.72. The number of ether oxygens (including phenoxy) is 1. The van der Waals surface area contributed by atoms with Crippen LogP contribution in [0, 0.1) is 0 Å². The Morgan fingerprint density at radius 2 is 2.14 bits per heavy atom. The van der Waals surface area contributed by atoms with Gasteiger partial charge in [0, 0.05) is 19.1 Å². The van der Waals surface area contributed by atoms with Gasteiger partial charge in [0.2, 0.25) is 5.89 Å². The van der Waals surface area contributed by atoms with E-state index >= 15 is 0 Å². The molecule has 1 aromatic carbocycles. The second-order valence-corrected chi connectivity index (χ2v) is 5.57. The fraction of sp³-hybridized carbons (Fsp3) is 0.500. The summed E-state index contributed by atoms with van der Waals surface area (Å²) in [5.74, 6) is 1.36. The van der Waals surface area contributed by atoms with Crippen molar-refractivity contribution >= 4 is 0 Å². The monoisotopic (exact) mass is 287 g/mol. The molecule has 2 heterocycles. The molecule has 1 fully saturated rings. The van der Waals surface area contributed by atoms with Crippen LogP contribution in [0.5, 0.6) is 0 Å². The van der Waals surface area contributed by atoms with E-state index in [-0.39, 0.29) is 12.1 Å². The molecule has 1 aliphatic rings. The molecule has 1 N–H and O–H groups in total. The Kier molecular flexibility index (Phi) is 4.31. The van der Waals surface area contributed by atoms with E-state index in [0.29, 0.717) is 18.4 Å². The molecule has 1 aromatic heterocycles. The van der Waals surface area contributed by atoms with Crippen LogP contribution in [-0.2, 0) is 11.2 Å². The number of benzene rings is 1. The maximum atomic E-state index is 5.56. The van der Waals surface area contributed by atoms with Crippen LogP contribution >= 0.6 is 0 Å². The summed E-state index contributed by atoms with van der Waals surface area (Å²) >= 11 is 0. The molecule has 5 nitrogen and oxygen atoms in total. The van der Waals surface area contributed by atoms with Crippen molar-refractivity contribution in [2.45, 2.75) is 44.9 Å². The van der Waals surface area contributed by atoms with E-state index in [2.05, 4.69) is 34.5 Å². The summed E-state index contributed by atoms with van der Waals surface area (Å²) in [6.07, 6.45) is 1.95. The van der Waals surface area contributed by atoms with Crippen molar-refractivity contribution in [3.8, 4) is 0 Å². The third-order valence-electron chi connectivity index (χ3n) is 3.90. The number of hydrogen-bond donors (Lipinski definition) is 1. The molecular formula is C16H21N3O2. The van der Waals surface area contributed by atoms with Crippen molar-refractivity contribution < 1.29 is 9.26 Å². The number of rotatable bonds is 5. The summed E-state index contributed by atoms with van der Waals surface area (Å²) in [6.45, 7) is 4.95. The minimum absolute atomic E-state index is 0.0381. The quantitative estimate of drug-likeness (QED) is 0.915. The van der Waals surface area contributed by atoms with E-state index in [9.17, 15) is 0 Å². The molecular weight excluding hydrogens is 266 g/mol. The van der Waals surface area contributed by atoms with Gasteiger partial charge in [0.15, 0.2) is 5.82 Å². The lowest BCUT2D eigenvalue weighted by Crippen LogP contribution is -2.36. The van der Waals surface area contributed by atoms with E-state index in [1.54, 1.807) is 0 Å². The molecule has 2 aromatic rings. The SMILES string of the molecule is C[C@H](N[C@H]1CCO[C@H]1C)c1nc(Cc2ccccc2)no1. The molecule has 5 heteroatoms. The second-order valence-electron chi connectivity index (χ2n) is 5.57. The van der Waals surface area contributed by atoms with Crippen molar-refractivity contribution in [3.05, 3.63) is 47.6 Å². The van der Waals surface area contributed by atoms with Gasteiger partial charge in [-0.05, 0) is 25.8 Å². The van der Waals surface area contributed by atoms with Gasteiger partial charge in [-0.1, -0.05) is 35.5 Å². The highest BCUT2D eigenvalue weighted by Crippen LogP contribution is 2.18. The van der Waals surface area contributed by atoms with Gasteiger partial charge < -0.3 is 14.6 Å². The van der Waals surface area contributed by atoms with Gasteiger partial charge in [-0.3, -0.25) is 0 Å². The molecule has 0 saturated carbocycles. The maximum absolute atomic E-state index is 5.56. The second kappa shape index (κ2) is 6.37. The third kappa shape index (κ3) is 3.49. The zero-order valence-corrected chi connectivity index (χ0v) is 12.5. The zero-order chi connectivity index (χ0) is 14.7. The van der Waals surface area contributed by atoms with Gasteiger partial charge in [-0.2, -0.15) is 4.98 Å². The van der Waals surface area contributed by atoms with Crippen molar-refractivity contribution in [1.82, 2.24) is 15.5 Å². The Morgan fingerprint density at radius 3 is 2.86 bits per heavy atom. The molecule has 0 aliphatic carbocycles. The molecule has 3 rings (SSSR count). The third-order valence-corrected chi connectivity index (χ3v) is 3.90. The largest absolute Gasteiger partial charge is 0.377 e. The summed E-state index contributed by atoms with van der Waals surface area (Å²) < 4.78 is 10.9. The maximum Gasteiger partial charge on any atom is 0.243 e. The molecule has 0 amide bonds. The summed E-state index contributed by atoms with van der Waals surface area (Å²) in [4.78, 5) is 4.49. The highest BCUT2D eigenvalue weighted by Gasteiger charge is 2.27. The molecule has 0 spiro atoms. The van der Waals surface area contributed by atoms with Crippen LogP contribution in [0.4, 0.5) is 0 Å². The minimum atomic E-state index is 0.0381. The fourth-order valence-corrected chi connectivity index (χ4v) is 2.64. The lowest BCUT2D eigenvalue weighted by atomic mass is 10.1. The molecule has 21 heavy (non-hydrogen) atoms. The van der Waals surface area contributed by atoms with Crippen LogP contribution < -0.4 is 5.32 Å². The Bertz CT molecular complexity index is 570. The van der Waals surface area contributed by atoms with Crippen molar-refractivity contribution in [3.63, 3.8) is 0 Å². The smallest absolute Gasteiger partial charge is 0.243 e. The summed E-state index contributed by atoms with van der Waals surface area (Å²) in [5.41, 5.74) is 1.18. The zero-order valence-electron chi connectivity index (χ0n) is 12.5. The Balaban J connectivity index is 1.61. The average molecular weight is 287 g/mol. The lowest BCUT2D eigenvalue weighted by molar-refractivity contribution is 0.110. The first-order valence-electron chi connectivity index (χ1n) is 7.46. The molecule has 0 bridgehead atoms. The predicted molar refractivity (Wildman–Crippen MR) is 78.9 cm³/mol. The summed E-state index contributed by atoms with van der Waals surface area (Å²) in [6, 6.07) is 10.6.